The maximum absolute atomic E-state index is 11.8. The quantitative estimate of drug-likeness (QED) is 0.744. The van der Waals surface area contributed by atoms with E-state index in [0.29, 0.717) is 0 Å². The Morgan fingerprint density at radius 1 is 1.26 bits per heavy atom. The Kier molecular flexibility index (Phi) is 6.52. The van der Waals surface area contributed by atoms with Gasteiger partial charge in [0.25, 0.3) is 0 Å². The first kappa shape index (κ1) is 17.4. The van der Waals surface area contributed by atoms with Gasteiger partial charge in [-0.3, -0.25) is 9.59 Å². The van der Waals surface area contributed by atoms with E-state index in [-0.39, 0.29) is 24.9 Å². The van der Waals surface area contributed by atoms with Crippen molar-refractivity contribution < 1.29 is 9.59 Å². The highest BCUT2D eigenvalue weighted by molar-refractivity contribution is 5.85. The second-order valence-electron chi connectivity index (χ2n) is 4.85. The fourth-order valence-corrected chi connectivity index (χ4v) is 1.32. The van der Waals surface area contributed by atoms with Crippen LogP contribution in [0, 0.1) is 5.41 Å². The van der Waals surface area contributed by atoms with Gasteiger partial charge in [0, 0.05) is 6.54 Å². The fraction of sp³-hybridized carbons (Fsp3) is 0.385. The van der Waals surface area contributed by atoms with Gasteiger partial charge in [-0.05, 0) is 19.4 Å². The molecule has 1 unspecified atom stereocenters. The number of halogens is 1. The zero-order chi connectivity index (χ0) is 13.8. The van der Waals surface area contributed by atoms with Crippen LogP contribution in [-0.2, 0) is 9.59 Å². The number of primary amides is 1. The highest BCUT2D eigenvalue weighted by atomic mass is 35.5. The topological polar surface area (TPSA) is 98.2 Å². The number of nitrogens with one attached hydrogen (secondary N) is 1. The van der Waals surface area contributed by atoms with Gasteiger partial charge >= 0.3 is 0 Å². The average molecular weight is 286 g/mol. The van der Waals surface area contributed by atoms with E-state index in [1.807, 2.05) is 18.2 Å². The molecular formula is C13H20ClN3O2. The molecule has 0 saturated heterocycles. The predicted octanol–water partition coefficient (Wildman–Crippen LogP) is 0.736. The normalized spacial score (nSPS) is 12.2. The van der Waals surface area contributed by atoms with E-state index in [1.165, 1.54) is 0 Å². The van der Waals surface area contributed by atoms with Gasteiger partial charge in [-0.25, -0.2) is 0 Å². The van der Waals surface area contributed by atoms with Crippen molar-refractivity contribution in [3.8, 4) is 0 Å². The molecule has 1 atom stereocenters. The van der Waals surface area contributed by atoms with Gasteiger partial charge in [0.15, 0.2) is 0 Å². The molecule has 0 aliphatic rings. The Morgan fingerprint density at radius 2 is 1.79 bits per heavy atom. The van der Waals surface area contributed by atoms with E-state index in [0.717, 1.165) is 5.56 Å². The molecule has 0 radical (unpaired) electrons. The van der Waals surface area contributed by atoms with Crippen molar-refractivity contribution in [2.24, 2.45) is 16.9 Å². The number of nitrogens with two attached hydrogens (primary N) is 2. The lowest BCUT2D eigenvalue weighted by Gasteiger charge is -2.22. The molecular weight excluding hydrogens is 266 g/mol. The molecule has 0 aliphatic carbocycles. The minimum atomic E-state index is -0.786. The monoisotopic (exact) mass is 285 g/mol. The van der Waals surface area contributed by atoms with Crippen molar-refractivity contribution in [2.75, 3.05) is 6.54 Å². The molecule has 1 aromatic rings. The van der Waals surface area contributed by atoms with Crippen LogP contribution in [0.2, 0.25) is 0 Å². The summed E-state index contributed by atoms with van der Waals surface area (Å²) in [5.41, 5.74) is 11.0. The van der Waals surface area contributed by atoms with Crippen LogP contribution in [0.1, 0.15) is 25.5 Å². The Morgan fingerprint density at radius 3 is 2.26 bits per heavy atom. The van der Waals surface area contributed by atoms with Crippen LogP contribution in [0.5, 0.6) is 0 Å². The molecule has 2 amide bonds. The molecule has 0 spiro atoms. The molecule has 5 N–H and O–H groups in total. The standard InChI is InChI=1S/C13H19N3O2.ClH/c1-13(2,12(15)18)8-16-11(17)10(14)9-6-4-3-5-7-9;/h3-7,10H,8,14H2,1-2H3,(H2,15,18)(H,16,17);1H. The van der Waals surface area contributed by atoms with Crippen LogP contribution < -0.4 is 16.8 Å². The summed E-state index contributed by atoms with van der Waals surface area (Å²) in [5.74, 6) is -0.786. The molecule has 106 valence electrons. The summed E-state index contributed by atoms with van der Waals surface area (Å²) >= 11 is 0. The van der Waals surface area contributed by atoms with Gasteiger partial charge in [-0.2, -0.15) is 0 Å². The van der Waals surface area contributed by atoms with Crippen molar-refractivity contribution in [1.82, 2.24) is 5.32 Å². The number of carbonyl (C=O) groups is 2. The summed E-state index contributed by atoms with van der Waals surface area (Å²) < 4.78 is 0. The summed E-state index contributed by atoms with van der Waals surface area (Å²) in [6.07, 6.45) is 0. The number of hydrogen-bond acceptors (Lipinski definition) is 3. The van der Waals surface area contributed by atoms with E-state index >= 15 is 0 Å². The van der Waals surface area contributed by atoms with E-state index in [4.69, 9.17) is 11.5 Å². The third kappa shape index (κ3) is 4.89. The van der Waals surface area contributed by atoms with Gasteiger partial charge < -0.3 is 16.8 Å². The van der Waals surface area contributed by atoms with Crippen molar-refractivity contribution in [2.45, 2.75) is 19.9 Å². The van der Waals surface area contributed by atoms with Crippen LogP contribution in [0.15, 0.2) is 30.3 Å². The Labute approximate surface area is 119 Å². The molecule has 1 aromatic carbocycles. The minimum Gasteiger partial charge on any atom is -0.369 e. The van der Waals surface area contributed by atoms with Crippen LogP contribution in [0.4, 0.5) is 0 Å². The van der Waals surface area contributed by atoms with Gasteiger partial charge in [0.1, 0.15) is 6.04 Å². The zero-order valence-corrected chi connectivity index (χ0v) is 11.9. The van der Waals surface area contributed by atoms with Crippen LogP contribution in [0.3, 0.4) is 0 Å². The minimum absolute atomic E-state index is 0. The van der Waals surface area contributed by atoms with E-state index < -0.39 is 17.4 Å². The van der Waals surface area contributed by atoms with Crippen molar-refractivity contribution >= 4 is 24.2 Å². The highest BCUT2D eigenvalue weighted by Crippen LogP contribution is 2.14. The smallest absolute Gasteiger partial charge is 0.241 e. The lowest BCUT2D eigenvalue weighted by molar-refractivity contribution is -0.127. The third-order valence-corrected chi connectivity index (χ3v) is 2.81. The maximum atomic E-state index is 11.8. The largest absolute Gasteiger partial charge is 0.369 e. The number of carbonyl (C=O) groups excluding carboxylic acids is 2. The average Bonchev–Trinajstić information content (AvgIpc) is 2.36. The summed E-state index contributed by atoms with van der Waals surface area (Å²) in [5, 5.41) is 2.64. The molecule has 0 aliphatic heterocycles. The molecule has 0 bridgehead atoms. The first-order valence-electron chi connectivity index (χ1n) is 5.73. The SMILES string of the molecule is CC(C)(CNC(=O)C(N)c1ccccc1)C(N)=O.Cl. The van der Waals surface area contributed by atoms with Crippen molar-refractivity contribution in [3.05, 3.63) is 35.9 Å². The highest BCUT2D eigenvalue weighted by Gasteiger charge is 2.26. The first-order valence-corrected chi connectivity index (χ1v) is 5.73. The molecule has 6 heteroatoms. The summed E-state index contributed by atoms with van der Waals surface area (Å²) in [6.45, 7) is 3.51. The fourth-order valence-electron chi connectivity index (χ4n) is 1.32. The lowest BCUT2D eigenvalue weighted by atomic mass is 9.92. The van der Waals surface area contributed by atoms with Gasteiger partial charge in [-0.15, -0.1) is 12.4 Å². The van der Waals surface area contributed by atoms with Gasteiger partial charge in [-0.1, -0.05) is 30.3 Å². The zero-order valence-electron chi connectivity index (χ0n) is 11.1. The Hall–Kier alpha value is -1.59. The predicted molar refractivity (Wildman–Crippen MR) is 76.6 cm³/mol. The number of amides is 2. The van der Waals surface area contributed by atoms with Crippen LogP contribution in [-0.4, -0.2) is 18.4 Å². The molecule has 1 rings (SSSR count). The van der Waals surface area contributed by atoms with Crippen molar-refractivity contribution in [1.29, 1.82) is 0 Å². The molecule has 0 heterocycles. The van der Waals surface area contributed by atoms with Crippen LogP contribution in [0.25, 0.3) is 0 Å². The van der Waals surface area contributed by atoms with E-state index in [2.05, 4.69) is 5.32 Å². The Bertz CT molecular complexity index is 435. The number of hydrogen-bond donors (Lipinski definition) is 3. The molecule has 19 heavy (non-hydrogen) atoms. The van der Waals surface area contributed by atoms with Gasteiger partial charge in [0.2, 0.25) is 11.8 Å². The number of rotatable bonds is 5. The first-order chi connectivity index (χ1) is 8.34. The summed E-state index contributed by atoms with van der Waals surface area (Å²) in [6, 6.07) is 8.30. The van der Waals surface area contributed by atoms with Crippen LogP contribution >= 0.6 is 12.4 Å². The van der Waals surface area contributed by atoms with Gasteiger partial charge in [0.05, 0.1) is 5.41 Å². The third-order valence-electron chi connectivity index (χ3n) is 2.81. The Balaban J connectivity index is 0.00000324. The van der Waals surface area contributed by atoms with E-state index in [9.17, 15) is 9.59 Å². The number of benzene rings is 1. The molecule has 0 aromatic heterocycles. The lowest BCUT2D eigenvalue weighted by Crippen LogP contribution is -2.44. The maximum Gasteiger partial charge on any atom is 0.241 e. The second-order valence-corrected chi connectivity index (χ2v) is 4.85. The molecule has 0 saturated carbocycles. The summed E-state index contributed by atoms with van der Waals surface area (Å²) in [4.78, 5) is 22.9. The molecule has 5 nitrogen and oxygen atoms in total. The second kappa shape index (κ2) is 7.11. The molecule has 0 fully saturated rings. The van der Waals surface area contributed by atoms with E-state index in [1.54, 1.807) is 26.0 Å². The summed E-state index contributed by atoms with van der Waals surface area (Å²) in [7, 11) is 0. The van der Waals surface area contributed by atoms with Crippen molar-refractivity contribution in [3.63, 3.8) is 0 Å².